The number of allylic oxidation sites excluding steroid dienone is 1. The quantitative estimate of drug-likeness (QED) is 0.390. The summed E-state index contributed by atoms with van der Waals surface area (Å²) in [6.07, 6.45) is 3.53. The van der Waals surface area contributed by atoms with Crippen molar-refractivity contribution in [2.75, 3.05) is 26.1 Å². The zero-order valence-corrected chi connectivity index (χ0v) is 22.0. The van der Waals surface area contributed by atoms with Gasteiger partial charge in [0.05, 0.1) is 24.7 Å². The molecule has 34 heavy (non-hydrogen) atoms. The molecule has 1 spiro atoms. The Labute approximate surface area is 206 Å². The molecule has 1 aromatic rings. The first-order valence-corrected chi connectivity index (χ1v) is 12.9. The Morgan fingerprint density at radius 2 is 2.09 bits per heavy atom. The summed E-state index contributed by atoms with van der Waals surface area (Å²) in [6.45, 7) is 11.1. The summed E-state index contributed by atoms with van der Waals surface area (Å²) in [5.41, 5.74) is 0.664. The van der Waals surface area contributed by atoms with Crippen molar-refractivity contribution in [3.63, 3.8) is 0 Å². The predicted molar refractivity (Wildman–Crippen MR) is 130 cm³/mol. The van der Waals surface area contributed by atoms with E-state index in [2.05, 4.69) is 47.7 Å². The lowest BCUT2D eigenvalue weighted by Crippen LogP contribution is -2.56. The van der Waals surface area contributed by atoms with Gasteiger partial charge in [-0.3, -0.25) is 0 Å². The van der Waals surface area contributed by atoms with Gasteiger partial charge < -0.3 is 29.6 Å². The number of hydrogen-bond donors (Lipinski definition) is 2. The van der Waals surface area contributed by atoms with Crippen LogP contribution in [0.2, 0.25) is 0 Å². The topological polar surface area (TPSA) is 110 Å². The zero-order valence-electron chi connectivity index (χ0n) is 21.2. The van der Waals surface area contributed by atoms with Gasteiger partial charge in [-0.25, -0.2) is 4.79 Å². The highest BCUT2D eigenvalue weighted by Crippen LogP contribution is 2.59. The van der Waals surface area contributed by atoms with Crippen LogP contribution in [-0.4, -0.2) is 66.6 Å². The fourth-order valence-corrected chi connectivity index (χ4v) is 6.27. The van der Waals surface area contributed by atoms with Crippen LogP contribution in [0.4, 0.5) is 9.93 Å². The van der Waals surface area contributed by atoms with Crippen LogP contribution < -0.4 is 10.6 Å². The van der Waals surface area contributed by atoms with E-state index >= 15 is 0 Å². The number of nitrogens with one attached hydrogen (secondary N) is 2. The highest BCUT2D eigenvalue weighted by atomic mass is 32.1. The first-order chi connectivity index (χ1) is 16.1. The number of aromatic nitrogens is 2. The number of ether oxygens (including phenoxy) is 4. The number of carbonyl (C=O) groups is 1. The molecule has 0 radical (unpaired) electrons. The van der Waals surface area contributed by atoms with Gasteiger partial charge in [0.2, 0.25) is 5.13 Å². The van der Waals surface area contributed by atoms with E-state index < -0.39 is 6.09 Å². The Kier molecular flexibility index (Phi) is 7.24. The van der Waals surface area contributed by atoms with Gasteiger partial charge in [-0.15, -0.1) is 10.2 Å². The van der Waals surface area contributed by atoms with Gasteiger partial charge in [0.15, 0.2) is 0 Å². The van der Waals surface area contributed by atoms with E-state index in [9.17, 15) is 4.79 Å². The molecule has 7 atom stereocenters. The number of alkyl carbamates (subject to hydrolysis) is 1. The number of rotatable bonds is 9. The number of anilines is 1. The molecule has 0 aromatic carbocycles. The second kappa shape index (κ2) is 9.72. The van der Waals surface area contributed by atoms with Crippen LogP contribution in [0.1, 0.15) is 64.9 Å². The van der Waals surface area contributed by atoms with Crippen LogP contribution in [0, 0.1) is 11.8 Å². The first kappa shape index (κ1) is 25.3. The Bertz CT molecular complexity index is 913. The van der Waals surface area contributed by atoms with Gasteiger partial charge in [-0.2, -0.15) is 0 Å². The first-order valence-electron chi connectivity index (χ1n) is 12.1. The van der Waals surface area contributed by atoms with E-state index in [0.717, 1.165) is 17.8 Å². The number of methoxy groups -OCH3 is 1. The molecule has 2 aliphatic heterocycles. The van der Waals surface area contributed by atoms with Gasteiger partial charge in [-0.1, -0.05) is 36.8 Å². The molecular formula is C24H38N4O5S. The molecule has 3 aliphatic rings. The lowest BCUT2D eigenvalue weighted by molar-refractivity contribution is -0.118. The third kappa shape index (κ3) is 4.96. The maximum absolute atomic E-state index is 13.0. The lowest BCUT2D eigenvalue weighted by Gasteiger charge is -2.42. The predicted octanol–water partition coefficient (Wildman–Crippen LogP) is 4.08. The highest BCUT2D eigenvalue weighted by molar-refractivity contribution is 7.15. The molecule has 1 aromatic heterocycles. The Morgan fingerprint density at radius 3 is 2.65 bits per heavy atom. The van der Waals surface area contributed by atoms with Gasteiger partial charge in [0, 0.05) is 14.2 Å². The minimum atomic E-state index is -0.471. The summed E-state index contributed by atoms with van der Waals surface area (Å²) >= 11 is 1.42. The van der Waals surface area contributed by atoms with E-state index in [1.165, 1.54) is 16.9 Å². The molecule has 3 fully saturated rings. The number of epoxide rings is 2. The van der Waals surface area contributed by atoms with Gasteiger partial charge in [0.25, 0.3) is 0 Å². The smallest absolute Gasteiger partial charge is 0.408 e. The fourth-order valence-electron chi connectivity index (χ4n) is 5.34. The van der Waals surface area contributed by atoms with Crippen LogP contribution in [-0.2, 0) is 18.9 Å². The molecule has 1 aliphatic carbocycles. The van der Waals surface area contributed by atoms with E-state index in [1.54, 1.807) is 14.2 Å². The number of nitrogens with zero attached hydrogens (tertiary/aromatic N) is 2. The minimum absolute atomic E-state index is 0.00522. The van der Waals surface area contributed by atoms with Crippen molar-refractivity contribution in [3.8, 4) is 0 Å². The van der Waals surface area contributed by atoms with Crippen LogP contribution in [0.3, 0.4) is 0 Å². The van der Waals surface area contributed by atoms with Crippen LogP contribution in [0.5, 0.6) is 0 Å². The molecular weight excluding hydrogens is 456 g/mol. The van der Waals surface area contributed by atoms with Crippen LogP contribution >= 0.6 is 11.3 Å². The zero-order chi connectivity index (χ0) is 24.7. The van der Waals surface area contributed by atoms with Crippen molar-refractivity contribution in [2.24, 2.45) is 11.8 Å². The summed E-state index contributed by atoms with van der Waals surface area (Å²) in [5.74, 6) is 0.120. The molecule has 9 nitrogen and oxygen atoms in total. The van der Waals surface area contributed by atoms with Crippen molar-refractivity contribution in [2.45, 2.75) is 89.4 Å². The molecule has 1 unspecified atom stereocenters. The molecule has 2 N–H and O–H groups in total. The maximum Gasteiger partial charge on any atom is 0.408 e. The summed E-state index contributed by atoms with van der Waals surface area (Å²) in [7, 11) is 3.48. The number of hydrogen-bond acceptors (Lipinski definition) is 9. The van der Waals surface area contributed by atoms with E-state index in [-0.39, 0.29) is 47.4 Å². The third-order valence-electron chi connectivity index (χ3n) is 7.36. The Morgan fingerprint density at radius 1 is 1.35 bits per heavy atom. The van der Waals surface area contributed by atoms with E-state index in [1.807, 2.05) is 13.8 Å². The number of amides is 1. The Hall–Kier alpha value is -1.75. The van der Waals surface area contributed by atoms with Crippen molar-refractivity contribution in [3.05, 3.63) is 16.7 Å². The SMILES string of the molecule is CNc1nnc([C@H](NC(=O)O[C@@H]2CC[C@]3(CO3)C([C@@]3(C)O[C@@H]3CC=C(C)C)[C@@H]2OC)C(C)C)s1. The van der Waals surface area contributed by atoms with E-state index in [4.69, 9.17) is 18.9 Å². The third-order valence-corrected chi connectivity index (χ3v) is 8.38. The van der Waals surface area contributed by atoms with Crippen molar-refractivity contribution < 1.29 is 23.7 Å². The average molecular weight is 495 g/mol. The standard InChI is InChI=1S/C24H38N4O5S/c1-13(2)8-9-16-23(5,33-16)19-18(30-7)15(10-11-24(19)12-31-24)32-22(29)26-17(14(3)4)20-27-28-21(25-6)34-20/h8,14-19H,9-12H2,1-7H3,(H,25,28)(H,26,29)/t15-,16-,17-,18-,19?,23+,24+/m1/s1. The molecule has 3 heterocycles. The average Bonchev–Trinajstić information content (AvgIpc) is 3.64. The minimum Gasteiger partial charge on any atom is -0.443 e. The van der Waals surface area contributed by atoms with Crippen molar-refractivity contribution in [1.82, 2.24) is 15.5 Å². The molecule has 1 saturated carbocycles. The maximum atomic E-state index is 13.0. The molecule has 190 valence electrons. The van der Waals surface area contributed by atoms with Gasteiger partial charge in [-0.05, 0) is 46.0 Å². The van der Waals surface area contributed by atoms with Crippen molar-refractivity contribution in [1.29, 1.82) is 0 Å². The fraction of sp³-hybridized carbons (Fsp3) is 0.792. The summed E-state index contributed by atoms with van der Waals surface area (Å²) in [5, 5.41) is 15.8. The molecule has 2 saturated heterocycles. The van der Waals surface area contributed by atoms with Crippen LogP contribution in [0.25, 0.3) is 0 Å². The summed E-state index contributed by atoms with van der Waals surface area (Å²) in [4.78, 5) is 13.0. The summed E-state index contributed by atoms with van der Waals surface area (Å²) < 4.78 is 24.2. The monoisotopic (exact) mass is 494 g/mol. The van der Waals surface area contributed by atoms with E-state index in [0.29, 0.717) is 18.2 Å². The normalized spacial score (nSPS) is 35.1. The van der Waals surface area contributed by atoms with Crippen molar-refractivity contribution >= 4 is 22.6 Å². The number of carbonyl (C=O) groups excluding carboxylic acids is 1. The highest BCUT2D eigenvalue weighted by Gasteiger charge is 2.72. The van der Waals surface area contributed by atoms with Gasteiger partial charge in [0.1, 0.15) is 28.4 Å². The lowest BCUT2D eigenvalue weighted by atomic mass is 9.68. The second-order valence-corrected chi connectivity index (χ2v) is 11.4. The summed E-state index contributed by atoms with van der Waals surface area (Å²) in [6, 6.07) is -0.289. The molecule has 4 rings (SSSR count). The molecule has 0 bridgehead atoms. The molecule has 1 amide bonds. The molecule has 10 heteroatoms. The Balaban J connectivity index is 1.45. The van der Waals surface area contributed by atoms with Gasteiger partial charge >= 0.3 is 6.09 Å². The second-order valence-electron chi connectivity index (χ2n) is 10.4. The largest absolute Gasteiger partial charge is 0.443 e. The van der Waals surface area contributed by atoms with Crippen LogP contribution in [0.15, 0.2) is 11.6 Å².